The van der Waals surface area contributed by atoms with E-state index >= 15 is 0 Å². The van der Waals surface area contributed by atoms with Crippen LogP contribution in [0.2, 0.25) is 0 Å². The van der Waals surface area contributed by atoms with Crippen LogP contribution >= 0.6 is 0 Å². The van der Waals surface area contributed by atoms with Crippen LogP contribution in [0.25, 0.3) is 0 Å². The van der Waals surface area contributed by atoms with Gasteiger partial charge in [0.15, 0.2) is 17.4 Å². The van der Waals surface area contributed by atoms with Crippen LogP contribution in [0.15, 0.2) is 55.1 Å². The van der Waals surface area contributed by atoms with Crippen molar-refractivity contribution in [1.82, 2.24) is 5.32 Å². The fraction of sp³-hybridized carbons (Fsp3) is 0.200. The second-order valence-corrected chi connectivity index (χ2v) is 5.88. The van der Waals surface area contributed by atoms with Gasteiger partial charge in [0.2, 0.25) is 5.91 Å². The molecule has 142 valence electrons. The van der Waals surface area contributed by atoms with Gasteiger partial charge in [0.25, 0.3) is 5.91 Å². The van der Waals surface area contributed by atoms with E-state index in [4.69, 9.17) is 4.74 Å². The van der Waals surface area contributed by atoms with Crippen molar-refractivity contribution in [2.75, 3.05) is 18.6 Å². The van der Waals surface area contributed by atoms with Crippen LogP contribution in [0.4, 0.5) is 14.5 Å². The number of amides is 2. The van der Waals surface area contributed by atoms with Crippen molar-refractivity contribution in [2.45, 2.75) is 13.0 Å². The second kappa shape index (κ2) is 8.93. The van der Waals surface area contributed by atoms with Gasteiger partial charge in [-0.05, 0) is 49.4 Å². The van der Waals surface area contributed by atoms with Gasteiger partial charge in [0.05, 0.1) is 6.04 Å². The quantitative estimate of drug-likeness (QED) is 0.757. The van der Waals surface area contributed by atoms with Crippen LogP contribution in [0.5, 0.6) is 5.75 Å². The van der Waals surface area contributed by atoms with Crippen molar-refractivity contribution < 1.29 is 23.1 Å². The molecule has 5 nitrogen and oxygen atoms in total. The third kappa shape index (κ3) is 5.13. The van der Waals surface area contributed by atoms with Gasteiger partial charge in [-0.25, -0.2) is 8.78 Å². The molecule has 0 bridgehead atoms. The lowest BCUT2D eigenvalue weighted by Gasteiger charge is -2.17. The number of nitrogens with zero attached hydrogens (tertiary/aromatic N) is 1. The monoisotopic (exact) mass is 374 g/mol. The molecule has 0 aliphatic rings. The number of halogens is 2. The lowest BCUT2D eigenvalue weighted by Crippen LogP contribution is -2.37. The van der Waals surface area contributed by atoms with Gasteiger partial charge in [0.1, 0.15) is 6.61 Å². The number of likely N-dealkylation sites (N-methyl/N-ethyl adjacent to an activating group) is 1. The molecule has 2 amide bonds. The van der Waals surface area contributed by atoms with Gasteiger partial charge >= 0.3 is 0 Å². The van der Waals surface area contributed by atoms with Crippen molar-refractivity contribution in [1.29, 1.82) is 0 Å². The maximum absolute atomic E-state index is 13.5. The van der Waals surface area contributed by atoms with Crippen LogP contribution in [0.3, 0.4) is 0 Å². The summed E-state index contributed by atoms with van der Waals surface area (Å²) in [5.74, 6) is -2.72. The van der Waals surface area contributed by atoms with Crippen LogP contribution in [0.1, 0.15) is 17.3 Å². The van der Waals surface area contributed by atoms with Crippen molar-refractivity contribution in [2.24, 2.45) is 0 Å². The average molecular weight is 374 g/mol. The first-order valence-electron chi connectivity index (χ1n) is 8.21. The largest absolute Gasteiger partial charge is 0.485 e. The lowest BCUT2D eigenvalue weighted by atomic mass is 10.1. The molecular weight excluding hydrogens is 354 g/mol. The van der Waals surface area contributed by atoms with Gasteiger partial charge < -0.3 is 15.0 Å². The normalized spacial score (nSPS) is 11.4. The molecule has 2 aromatic carbocycles. The minimum atomic E-state index is -0.803. The maximum atomic E-state index is 13.5. The number of para-hydroxylation sites is 1. The van der Waals surface area contributed by atoms with E-state index in [1.807, 2.05) is 0 Å². The van der Waals surface area contributed by atoms with E-state index in [1.54, 1.807) is 38.2 Å². The van der Waals surface area contributed by atoms with E-state index in [-0.39, 0.29) is 18.4 Å². The topological polar surface area (TPSA) is 58.6 Å². The fourth-order valence-corrected chi connectivity index (χ4v) is 2.28. The highest BCUT2D eigenvalue weighted by Crippen LogP contribution is 2.21. The van der Waals surface area contributed by atoms with Crippen LogP contribution in [0, 0.1) is 11.6 Å². The summed E-state index contributed by atoms with van der Waals surface area (Å²) in [5.41, 5.74) is 0.991. The number of benzene rings is 2. The summed E-state index contributed by atoms with van der Waals surface area (Å²) in [6.45, 7) is 4.98. The number of carbonyl (C=O) groups is 2. The number of ether oxygens (including phenoxy) is 1. The molecule has 27 heavy (non-hydrogen) atoms. The minimum Gasteiger partial charge on any atom is -0.485 e. The molecule has 0 heterocycles. The van der Waals surface area contributed by atoms with Crippen molar-refractivity contribution >= 4 is 17.5 Å². The van der Waals surface area contributed by atoms with Crippen molar-refractivity contribution in [3.63, 3.8) is 0 Å². The van der Waals surface area contributed by atoms with Crippen LogP contribution < -0.4 is 15.0 Å². The summed E-state index contributed by atoms with van der Waals surface area (Å²) in [4.78, 5) is 25.2. The zero-order valence-electron chi connectivity index (χ0n) is 15.0. The minimum absolute atomic E-state index is 0.0990. The first-order valence-corrected chi connectivity index (χ1v) is 8.21. The summed E-state index contributed by atoms with van der Waals surface area (Å²) < 4.78 is 32.2. The van der Waals surface area contributed by atoms with E-state index in [2.05, 4.69) is 11.9 Å². The molecule has 0 saturated carbocycles. The zero-order valence-corrected chi connectivity index (χ0v) is 15.0. The summed E-state index contributed by atoms with van der Waals surface area (Å²) in [6.07, 6.45) is 1.20. The fourth-order valence-electron chi connectivity index (χ4n) is 2.28. The summed E-state index contributed by atoms with van der Waals surface area (Å²) in [7, 11) is 1.60. The Balaban J connectivity index is 1.94. The highest BCUT2D eigenvalue weighted by atomic mass is 19.1. The van der Waals surface area contributed by atoms with E-state index in [9.17, 15) is 18.4 Å². The molecule has 0 aliphatic carbocycles. The van der Waals surface area contributed by atoms with Gasteiger partial charge in [-0.2, -0.15) is 0 Å². The molecule has 0 spiro atoms. The highest BCUT2D eigenvalue weighted by molar-refractivity contribution is 6.01. The summed E-state index contributed by atoms with van der Waals surface area (Å²) >= 11 is 0. The molecule has 0 radical (unpaired) electrons. The Bertz CT molecular complexity index is 817. The van der Waals surface area contributed by atoms with Gasteiger partial charge in [-0.1, -0.05) is 12.6 Å². The molecule has 2 rings (SSSR count). The van der Waals surface area contributed by atoms with E-state index < -0.39 is 23.4 Å². The lowest BCUT2D eigenvalue weighted by molar-refractivity contribution is -0.113. The Morgan fingerprint density at radius 1 is 1.19 bits per heavy atom. The Hall–Kier alpha value is -3.22. The van der Waals surface area contributed by atoms with Crippen LogP contribution in [-0.2, 0) is 4.79 Å². The standard InChI is InChI=1S/C20H20F2N2O3/c1-4-18(25)24(3)15-10-8-14(9-11-15)20(26)23-13(2)12-27-19-16(21)6-5-7-17(19)22/h4-11,13H,1,12H2,2-3H3,(H,23,26)/t13-/m1/s1. The number of hydrogen-bond acceptors (Lipinski definition) is 3. The molecule has 0 aliphatic heterocycles. The van der Waals surface area contributed by atoms with E-state index in [1.165, 1.54) is 17.0 Å². The number of rotatable bonds is 7. The van der Waals surface area contributed by atoms with Gasteiger partial charge in [-0.15, -0.1) is 0 Å². The number of nitrogens with one attached hydrogen (secondary N) is 1. The van der Waals surface area contributed by atoms with Gasteiger partial charge in [0, 0.05) is 18.3 Å². The molecular formula is C20H20F2N2O3. The predicted molar refractivity (Wildman–Crippen MR) is 98.8 cm³/mol. The average Bonchev–Trinajstić information content (AvgIpc) is 2.66. The maximum Gasteiger partial charge on any atom is 0.251 e. The Kier molecular flexibility index (Phi) is 6.65. The first kappa shape index (κ1) is 20.1. The van der Waals surface area contributed by atoms with Crippen molar-refractivity contribution in [3.05, 3.63) is 72.3 Å². The smallest absolute Gasteiger partial charge is 0.251 e. The molecule has 0 saturated heterocycles. The molecule has 0 fully saturated rings. The third-order valence-electron chi connectivity index (χ3n) is 3.80. The summed E-state index contributed by atoms with van der Waals surface area (Å²) in [5, 5.41) is 2.68. The predicted octanol–water partition coefficient (Wildman–Crippen LogP) is 3.31. The highest BCUT2D eigenvalue weighted by Gasteiger charge is 2.15. The molecule has 2 aromatic rings. The Morgan fingerprint density at radius 3 is 2.33 bits per heavy atom. The molecule has 1 atom stereocenters. The molecule has 0 aromatic heterocycles. The Labute approximate surface area is 156 Å². The van der Waals surface area contributed by atoms with Crippen molar-refractivity contribution in [3.8, 4) is 5.75 Å². The number of carbonyl (C=O) groups excluding carboxylic acids is 2. The molecule has 7 heteroatoms. The SMILES string of the molecule is C=CC(=O)N(C)c1ccc(C(=O)N[C@H](C)COc2c(F)cccc2F)cc1. The third-order valence-corrected chi connectivity index (χ3v) is 3.80. The van der Waals surface area contributed by atoms with Gasteiger partial charge in [-0.3, -0.25) is 9.59 Å². The summed E-state index contributed by atoms with van der Waals surface area (Å²) in [6, 6.07) is 9.35. The molecule has 0 unspecified atom stereocenters. The van der Waals surface area contributed by atoms with E-state index in [0.717, 1.165) is 12.1 Å². The zero-order chi connectivity index (χ0) is 20.0. The number of anilines is 1. The Morgan fingerprint density at radius 2 is 1.78 bits per heavy atom. The first-order chi connectivity index (χ1) is 12.8. The second-order valence-electron chi connectivity index (χ2n) is 5.88. The number of hydrogen-bond donors (Lipinski definition) is 1. The van der Waals surface area contributed by atoms with E-state index in [0.29, 0.717) is 11.3 Å². The molecule has 1 N–H and O–H groups in total. The van der Waals surface area contributed by atoms with Crippen LogP contribution in [-0.4, -0.2) is 31.5 Å².